The lowest BCUT2D eigenvalue weighted by atomic mass is 10.00. The topological polar surface area (TPSA) is 66.4 Å². The van der Waals surface area contributed by atoms with Crippen molar-refractivity contribution in [3.8, 4) is 0 Å². The van der Waals surface area contributed by atoms with Crippen molar-refractivity contribution in [3.05, 3.63) is 64.7 Å². The predicted molar refractivity (Wildman–Crippen MR) is 98.5 cm³/mol. The fourth-order valence-electron chi connectivity index (χ4n) is 2.49. The number of carboxylic acid groups (broad SMARTS) is 1. The molecule has 0 fully saturated rings. The van der Waals surface area contributed by atoms with E-state index in [1.54, 1.807) is 0 Å². The normalized spacial score (nSPS) is 10.4. The van der Waals surface area contributed by atoms with E-state index in [-0.39, 0.29) is 11.7 Å². The molecule has 0 heterocycles. The molecule has 126 valence electrons. The van der Waals surface area contributed by atoms with Gasteiger partial charge in [-0.05, 0) is 48.2 Å². The van der Waals surface area contributed by atoms with E-state index >= 15 is 0 Å². The molecule has 2 aromatic rings. The van der Waals surface area contributed by atoms with Crippen LogP contribution in [0.15, 0.2) is 42.5 Å². The molecule has 0 spiro atoms. The third-order valence-corrected chi connectivity index (χ3v) is 4.68. The van der Waals surface area contributed by atoms with Crippen molar-refractivity contribution >= 4 is 29.3 Å². The summed E-state index contributed by atoms with van der Waals surface area (Å²) in [4.78, 5) is 22.9. The standard InChI is InChI=1S/C19H21NO3S/c1-13-5-3-6-14(2)17(13)10-18(21)20-16-8-4-7-15(9-16)11-24-12-19(22)23/h3-9H,10-12H2,1-2H3,(H,20,21)(H,22,23). The predicted octanol–water partition coefficient (Wildman–Crippen LogP) is 3.80. The number of aliphatic carboxylic acids is 1. The molecular weight excluding hydrogens is 322 g/mol. The Kier molecular flexibility index (Phi) is 6.44. The fraction of sp³-hybridized carbons (Fsp3) is 0.263. The third kappa shape index (κ3) is 5.42. The number of nitrogens with one attached hydrogen (secondary N) is 1. The van der Waals surface area contributed by atoms with E-state index in [0.717, 1.165) is 27.9 Å². The Bertz CT molecular complexity index is 723. The Morgan fingerprint density at radius 1 is 1.08 bits per heavy atom. The van der Waals surface area contributed by atoms with Crippen molar-refractivity contribution in [1.29, 1.82) is 0 Å². The molecule has 0 aliphatic heterocycles. The zero-order valence-electron chi connectivity index (χ0n) is 13.8. The van der Waals surface area contributed by atoms with Gasteiger partial charge in [-0.1, -0.05) is 30.3 Å². The summed E-state index contributed by atoms with van der Waals surface area (Å²) in [6, 6.07) is 13.5. The summed E-state index contributed by atoms with van der Waals surface area (Å²) in [5.41, 5.74) is 5.02. The third-order valence-electron chi connectivity index (χ3n) is 3.69. The van der Waals surface area contributed by atoms with Crippen molar-refractivity contribution in [3.63, 3.8) is 0 Å². The molecule has 0 aliphatic carbocycles. The van der Waals surface area contributed by atoms with E-state index in [1.165, 1.54) is 11.8 Å². The number of hydrogen-bond acceptors (Lipinski definition) is 3. The molecule has 2 aromatic carbocycles. The number of hydrogen-bond donors (Lipinski definition) is 2. The fourth-order valence-corrected chi connectivity index (χ4v) is 3.18. The molecule has 0 aromatic heterocycles. The maximum Gasteiger partial charge on any atom is 0.313 e. The lowest BCUT2D eigenvalue weighted by molar-refractivity contribution is -0.133. The highest BCUT2D eigenvalue weighted by Crippen LogP contribution is 2.18. The number of thioether (sulfide) groups is 1. The second kappa shape index (κ2) is 8.55. The highest BCUT2D eigenvalue weighted by atomic mass is 32.2. The zero-order chi connectivity index (χ0) is 17.5. The number of carbonyl (C=O) groups excluding carboxylic acids is 1. The Morgan fingerprint density at radius 3 is 2.42 bits per heavy atom. The number of rotatable bonds is 7. The minimum Gasteiger partial charge on any atom is -0.481 e. The highest BCUT2D eigenvalue weighted by Gasteiger charge is 2.09. The van der Waals surface area contributed by atoms with Crippen LogP contribution in [0.1, 0.15) is 22.3 Å². The van der Waals surface area contributed by atoms with Crippen LogP contribution in [-0.2, 0) is 21.8 Å². The van der Waals surface area contributed by atoms with Crippen LogP contribution in [0.25, 0.3) is 0 Å². The van der Waals surface area contributed by atoms with Crippen molar-refractivity contribution in [2.45, 2.75) is 26.0 Å². The van der Waals surface area contributed by atoms with Crippen LogP contribution >= 0.6 is 11.8 Å². The first kappa shape index (κ1) is 18.1. The SMILES string of the molecule is Cc1cccc(C)c1CC(=O)Nc1cccc(CSCC(=O)O)c1. The first-order chi connectivity index (χ1) is 11.5. The summed E-state index contributed by atoms with van der Waals surface area (Å²) in [5.74, 6) is -0.198. The van der Waals surface area contributed by atoms with Gasteiger partial charge in [0.25, 0.3) is 0 Å². The van der Waals surface area contributed by atoms with Crippen molar-refractivity contribution in [1.82, 2.24) is 0 Å². The molecule has 1 amide bonds. The molecule has 2 rings (SSSR count). The molecule has 0 atom stereocenters. The average molecular weight is 343 g/mol. The summed E-state index contributed by atoms with van der Waals surface area (Å²) in [7, 11) is 0. The Morgan fingerprint density at radius 2 is 1.75 bits per heavy atom. The van der Waals surface area contributed by atoms with Gasteiger partial charge in [-0.25, -0.2) is 0 Å². The van der Waals surface area contributed by atoms with Crippen LogP contribution in [0.5, 0.6) is 0 Å². The molecule has 24 heavy (non-hydrogen) atoms. The monoisotopic (exact) mass is 343 g/mol. The summed E-state index contributed by atoms with van der Waals surface area (Å²) >= 11 is 1.34. The van der Waals surface area contributed by atoms with Gasteiger partial charge in [0.1, 0.15) is 0 Å². The van der Waals surface area contributed by atoms with E-state index in [1.807, 2.05) is 56.3 Å². The van der Waals surface area contributed by atoms with Crippen LogP contribution in [0.4, 0.5) is 5.69 Å². The molecule has 0 saturated carbocycles. The quantitative estimate of drug-likeness (QED) is 0.802. The van der Waals surface area contributed by atoms with Crippen LogP contribution in [0.3, 0.4) is 0 Å². The lowest BCUT2D eigenvalue weighted by Gasteiger charge is -2.11. The van der Waals surface area contributed by atoms with Gasteiger partial charge in [0, 0.05) is 11.4 Å². The van der Waals surface area contributed by atoms with Crippen LogP contribution in [-0.4, -0.2) is 22.7 Å². The Balaban J connectivity index is 1.97. The smallest absolute Gasteiger partial charge is 0.313 e. The molecular formula is C19H21NO3S. The van der Waals surface area contributed by atoms with Crippen LogP contribution in [0, 0.1) is 13.8 Å². The number of carbonyl (C=O) groups is 2. The van der Waals surface area contributed by atoms with Gasteiger partial charge < -0.3 is 10.4 Å². The van der Waals surface area contributed by atoms with Gasteiger partial charge in [-0.3, -0.25) is 9.59 Å². The maximum atomic E-state index is 12.3. The maximum absolute atomic E-state index is 12.3. The van der Waals surface area contributed by atoms with Gasteiger partial charge in [-0.2, -0.15) is 0 Å². The Hall–Kier alpha value is -2.27. The second-order valence-corrected chi connectivity index (χ2v) is 6.67. The number of benzene rings is 2. The van der Waals surface area contributed by atoms with Crippen LogP contribution in [0.2, 0.25) is 0 Å². The first-order valence-corrected chi connectivity index (χ1v) is 8.84. The summed E-state index contributed by atoms with van der Waals surface area (Å²) in [6.07, 6.45) is 0.344. The van der Waals surface area contributed by atoms with E-state index < -0.39 is 5.97 Å². The molecule has 2 N–H and O–H groups in total. The van der Waals surface area contributed by atoms with Gasteiger partial charge >= 0.3 is 5.97 Å². The lowest BCUT2D eigenvalue weighted by Crippen LogP contribution is -2.15. The average Bonchev–Trinajstić information content (AvgIpc) is 2.51. The summed E-state index contributed by atoms with van der Waals surface area (Å²) < 4.78 is 0. The summed E-state index contributed by atoms with van der Waals surface area (Å²) in [5, 5.41) is 11.6. The Labute approximate surface area is 146 Å². The molecule has 4 nitrogen and oxygen atoms in total. The van der Waals surface area contributed by atoms with Gasteiger partial charge in [-0.15, -0.1) is 11.8 Å². The number of anilines is 1. The highest BCUT2D eigenvalue weighted by molar-refractivity contribution is 7.99. The van der Waals surface area contributed by atoms with Gasteiger partial charge in [0.05, 0.1) is 12.2 Å². The number of carboxylic acids is 1. The van der Waals surface area contributed by atoms with Crippen molar-refractivity contribution in [2.75, 3.05) is 11.1 Å². The number of amides is 1. The van der Waals surface area contributed by atoms with E-state index in [9.17, 15) is 9.59 Å². The minimum absolute atomic E-state index is 0.0530. The molecule has 5 heteroatoms. The molecule has 0 radical (unpaired) electrons. The second-order valence-electron chi connectivity index (χ2n) is 5.68. The molecule has 0 saturated heterocycles. The number of aryl methyl sites for hydroxylation is 2. The molecule has 0 unspecified atom stereocenters. The first-order valence-electron chi connectivity index (χ1n) is 7.69. The van der Waals surface area contributed by atoms with E-state index in [0.29, 0.717) is 12.2 Å². The van der Waals surface area contributed by atoms with E-state index in [4.69, 9.17) is 5.11 Å². The largest absolute Gasteiger partial charge is 0.481 e. The zero-order valence-corrected chi connectivity index (χ0v) is 14.7. The van der Waals surface area contributed by atoms with Crippen molar-refractivity contribution in [2.24, 2.45) is 0 Å². The molecule has 0 aliphatic rings. The van der Waals surface area contributed by atoms with Crippen molar-refractivity contribution < 1.29 is 14.7 Å². The molecule has 0 bridgehead atoms. The van der Waals surface area contributed by atoms with E-state index in [2.05, 4.69) is 5.32 Å². The summed E-state index contributed by atoms with van der Waals surface area (Å²) in [6.45, 7) is 4.02. The van der Waals surface area contributed by atoms with Gasteiger partial charge in [0.15, 0.2) is 0 Å². The van der Waals surface area contributed by atoms with Crippen LogP contribution < -0.4 is 5.32 Å². The minimum atomic E-state index is -0.821. The van der Waals surface area contributed by atoms with Gasteiger partial charge in [0.2, 0.25) is 5.91 Å².